The summed E-state index contributed by atoms with van der Waals surface area (Å²) < 4.78 is 5.26. The molecule has 0 saturated heterocycles. The third-order valence-corrected chi connectivity index (χ3v) is 2.93. The average molecular weight is 258 g/mol. The Hall–Kier alpha value is -0.770. The van der Waals surface area contributed by atoms with Crippen molar-refractivity contribution in [2.75, 3.05) is 13.7 Å². The molecule has 1 atom stereocenters. The smallest absolute Gasteiger partial charge is 0.124 e. The van der Waals surface area contributed by atoms with Crippen LogP contribution >= 0.6 is 11.6 Å². The van der Waals surface area contributed by atoms with E-state index in [1.165, 1.54) is 0 Å². The Morgan fingerprint density at radius 2 is 2.24 bits per heavy atom. The minimum Gasteiger partial charge on any atom is -0.496 e. The predicted octanol–water partition coefficient (Wildman–Crippen LogP) is 2.60. The summed E-state index contributed by atoms with van der Waals surface area (Å²) in [6.45, 7) is 3.35. The molecule has 0 aliphatic heterocycles. The lowest BCUT2D eigenvalue weighted by Gasteiger charge is -2.11. The van der Waals surface area contributed by atoms with E-state index in [1.54, 1.807) is 14.0 Å². The van der Waals surface area contributed by atoms with Crippen LogP contribution in [0.5, 0.6) is 5.75 Å². The Balaban J connectivity index is 2.40. The van der Waals surface area contributed by atoms with Gasteiger partial charge in [0.25, 0.3) is 0 Å². The van der Waals surface area contributed by atoms with E-state index in [2.05, 4.69) is 5.32 Å². The summed E-state index contributed by atoms with van der Waals surface area (Å²) in [5.74, 6) is 0.806. The lowest BCUT2D eigenvalue weighted by molar-refractivity contribution is 0.181. The van der Waals surface area contributed by atoms with Crippen LogP contribution in [-0.2, 0) is 6.54 Å². The molecule has 0 aromatic heterocycles. The number of halogens is 1. The molecule has 3 nitrogen and oxygen atoms in total. The van der Waals surface area contributed by atoms with Crippen LogP contribution < -0.4 is 10.1 Å². The van der Waals surface area contributed by atoms with Crippen LogP contribution in [-0.4, -0.2) is 24.9 Å². The number of aliphatic hydroxyl groups is 1. The number of nitrogens with one attached hydrogen (secondary N) is 1. The van der Waals surface area contributed by atoms with Gasteiger partial charge in [0, 0.05) is 17.1 Å². The standard InChI is InChI=1S/C13H20ClNO2/c1-10(16)5-4-8-15-9-11-12(14)6-3-7-13(11)17-2/h3,6-7,10,15-16H,4-5,8-9H2,1-2H3. The van der Waals surface area contributed by atoms with E-state index in [-0.39, 0.29) is 6.10 Å². The van der Waals surface area contributed by atoms with E-state index in [0.29, 0.717) is 11.6 Å². The monoisotopic (exact) mass is 257 g/mol. The van der Waals surface area contributed by atoms with Gasteiger partial charge in [-0.05, 0) is 38.4 Å². The molecule has 0 aliphatic carbocycles. The number of hydrogen-bond acceptors (Lipinski definition) is 3. The highest BCUT2D eigenvalue weighted by molar-refractivity contribution is 6.31. The molecular weight excluding hydrogens is 238 g/mol. The maximum Gasteiger partial charge on any atom is 0.124 e. The van der Waals surface area contributed by atoms with Crippen molar-refractivity contribution < 1.29 is 9.84 Å². The molecule has 1 aromatic carbocycles. The molecule has 4 heteroatoms. The van der Waals surface area contributed by atoms with E-state index >= 15 is 0 Å². The zero-order chi connectivity index (χ0) is 12.7. The summed E-state index contributed by atoms with van der Waals surface area (Å²) in [5, 5.41) is 13.1. The van der Waals surface area contributed by atoms with E-state index in [1.807, 2.05) is 18.2 Å². The number of aliphatic hydroxyl groups excluding tert-OH is 1. The van der Waals surface area contributed by atoms with Gasteiger partial charge in [0.2, 0.25) is 0 Å². The van der Waals surface area contributed by atoms with Gasteiger partial charge in [-0.3, -0.25) is 0 Å². The van der Waals surface area contributed by atoms with Gasteiger partial charge in [0.15, 0.2) is 0 Å². The van der Waals surface area contributed by atoms with Gasteiger partial charge in [-0.15, -0.1) is 0 Å². The maximum absolute atomic E-state index is 9.13. The first-order valence-electron chi connectivity index (χ1n) is 5.85. The van der Waals surface area contributed by atoms with E-state index in [9.17, 15) is 0 Å². The van der Waals surface area contributed by atoms with Gasteiger partial charge >= 0.3 is 0 Å². The van der Waals surface area contributed by atoms with Crippen LogP contribution in [0, 0.1) is 0 Å². The molecule has 1 unspecified atom stereocenters. The average Bonchev–Trinajstić information content (AvgIpc) is 2.30. The van der Waals surface area contributed by atoms with E-state index in [0.717, 1.165) is 30.7 Å². The van der Waals surface area contributed by atoms with Crippen LogP contribution in [0.25, 0.3) is 0 Å². The third-order valence-electron chi connectivity index (χ3n) is 2.57. The van der Waals surface area contributed by atoms with Crippen molar-refractivity contribution >= 4 is 11.6 Å². The number of hydrogen-bond donors (Lipinski definition) is 2. The summed E-state index contributed by atoms with van der Waals surface area (Å²) in [5.41, 5.74) is 0.980. The van der Waals surface area contributed by atoms with Crippen molar-refractivity contribution in [3.05, 3.63) is 28.8 Å². The molecule has 17 heavy (non-hydrogen) atoms. The van der Waals surface area contributed by atoms with Crippen molar-refractivity contribution in [2.24, 2.45) is 0 Å². The topological polar surface area (TPSA) is 41.5 Å². The molecule has 0 amide bonds. The van der Waals surface area contributed by atoms with E-state index < -0.39 is 0 Å². The quantitative estimate of drug-likeness (QED) is 0.738. The van der Waals surface area contributed by atoms with Gasteiger partial charge in [0.1, 0.15) is 5.75 Å². The molecule has 0 heterocycles. The molecule has 0 radical (unpaired) electrons. The number of ether oxygens (including phenoxy) is 1. The second kappa shape index (κ2) is 7.54. The normalized spacial score (nSPS) is 12.5. The Kier molecular flexibility index (Phi) is 6.34. The molecule has 2 N–H and O–H groups in total. The van der Waals surface area contributed by atoms with Gasteiger partial charge in [-0.2, -0.15) is 0 Å². The first-order valence-corrected chi connectivity index (χ1v) is 6.23. The van der Waals surface area contributed by atoms with Crippen LogP contribution in [0.15, 0.2) is 18.2 Å². The molecule has 0 bridgehead atoms. The molecule has 1 rings (SSSR count). The summed E-state index contributed by atoms with van der Waals surface area (Å²) in [6.07, 6.45) is 1.53. The minimum absolute atomic E-state index is 0.230. The second-order valence-electron chi connectivity index (χ2n) is 4.09. The molecule has 0 aliphatic rings. The summed E-state index contributed by atoms with van der Waals surface area (Å²) in [7, 11) is 1.64. The number of benzene rings is 1. The summed E-state index contributed by atoms with van der Waals surface area (Å²) >= 11 is 6.11. The Labute approximate surface area is 108 Å². The fourth-order valence-corrected chi connectivity index (χ4v) is 1.87. The van der Waals surface area contributed by atoms with Crippen molar-refractivity contribution in [1.82, 2.24) is 5.32 Å². The SMILES string of the molecule is COc1cccc(Cl)c1CNCCCC(C)O. The zero-order valence-electron chi connectivity index (χ0n) is 10.4. The lowest BCUT2D eigenvalue weighted by atomic mass is 10.2. The molecule has 0 saturated carbocycles. The lowest BCUT2D eigenvalue weighted by Crippen LogP contribution is -2.17. The van der Waals surface area contributed by atoms with Crippen LogP contribution in [0.3, 0.4) is 0 Å². The Morgan fingerprint density at radius 3 is 2.88 bits per heavy atom. The third kappa shape index (κ3) is 4.94. The summed E-state index contributed by atoms with van der Waals surface area (Å²) in [4.78, 5) is 0. The molecule has 0 spiro atoms. The predicted molar refractivity (Wildman–Crippen MR) is 70.6 cm³/mol. The van der Waals surface area contributed by atoms with Crippen molar-refractivity contribution in [3.8, 4) is 5.75 Å². The largest absolute Gasteiger partial charge is 0.496 e. The molecule has 1 aromatic rings. The molecular formula is C13H20ClNO2. The van der Waals surface area contributed by atoms with E-state index in [4.69, 9.17) is 21.4 Å². The molecule has 0 fully saturated rings. The maximum atomic E-state index is 9.13. The van der Waals surface area contributed by atoms with Crippen LogP contribution in [0.1, 0.15) is 25.3 Å². The fourth-order valence-electron chi connectivity index (χ4n) is 1.64. The van der Waals surface area contributed by atoms with Crippen LogP contribution in [0.2, 0.25) is 5.02 Å². The fraction of sp³-hybridized carbons (Fsp3) is 0.538. The van der Waals surface area contributed by atoms with Gasteiger partial charge in [0.05, 0.1) is 13.2 Å². The highest BCUT2D eigenvalue weighted by atomic mass is 35.5. The Morgan fingerprint density at radius 1 is 1.47 bits per heavy atom. The van der Waals surface area contributed by atoms with Crippen LogP contribution in [0.4, 0.5) is 0 Å². The van der Waals surface area contributed by atoms with Gasteiger partial charge in [-0.25, -0.2) is 0 Å². The highest BCUT2D eigenvalue weighted by Gasteiger charge is 2.06. The van der Waals surface area contributed by atoms with Crippen molar-refractivity contribution in [1.29, 1.82) is 0 Å². The molecule has 96 valence electrons. The highest BCUT2D eigenvalue weighted by Crippen LogP contribution is 2.25. The number of methoxy groups -OCH3 is 1. The Bertz CT molecular complexity index is 342. The second-order valence-corrected chi connectivity index (χ2v) is 4.50. The van der Waals surface area contributed by atoms with Crippen molar-refractivity contribution in [2.45, 2.75) is 32.4 Å². The first-order chi connectivity index (χ1) is 8.15. The zero-order valence-corrected chi connectivity index (χ0v) is 11.1. The van der Waals surface area contributed by atoms with Gasteiger partial charge < -0.3 is 15.2 Å². The number of rotatable bonds is 7. The summed E-state index contributed by atoms with van der Waals surface area (Å²) in [6, 6.07) is 5.63. The minimum atomic E-state index is -0.230. The first kappa shape index (κ1) is 14.3. The van der Waals surface area contributed by atoms with Crippen molar-refractivity contribution in [3.63, 3.8) is 0 Å². The van der Waals surface area contributed by atoms with Gasteiger partial charge in [-0.1, -0.05) is 17.7 Å².